The summed E-state index contributed by atoms with van der Waals surface area (Å²) < 4.78 is 0. The normalized spacial score (nSPS) is 11.5. The minimum Gasteiger partial charge on any atom is -0.481 e. The van der Waals surface area contributed by atoms with Crippen LogP contribution >= 0.6 is 0 Å². The maximum absolute atomic E-state index is 11.8. The van der Waals surface area contributed by atoms with Gasteiger partial charge in [0, 0.05) is 29.2 Å². The van der Waals surface area contributed by atoms with Gasteiger partial charge in [-0.2, -0.15) is 0 Å². The highest BCUT2D eigenvalue weighted by atomic mass is 16.4. The molecule has 1 aromatic carbocycles. The van der Waals surface area contributed by atoms with Gasteiger partial charge in [0.05, 0.1) is 5.41 Å². The minimum absolute atomic E-state index is 0.0620. The van der Waals surface area contributed by atoms with E-state index in [-0.39, 0.29) is 12.3 Å². The van der Waals surface area contributed by atoms with Gasteiger partial charge in [0.1, 0.15) is 0 Å². The lowest BCUT2D eigenvalue weighted by molar-refractivity contribution is -0.148. The number of hydrogen-bond donors (Lipinski definition) is 3. The van der Waals surface area contributed by atoms with E-state index < -0.39 is 11.4 Å². The molecular formula is C14H16N2O3. The van der Waals surface area contributed by atoms with Gasteiger partial charge in [0.15, 0.2) is 0 Å². The molecule has 0 saturated heterocycles. The number of H-pyrrole nitrogens is 1. The molecule has 0 spiro atoms. The molecule has 2 aromatic rings. The lowest BCUT2D eigenvalue weighted by Crippen LogP contribution is -2.29. The predicted octanol–water partition coefficient (Wildman–Crippen LogP) is 2.61. The zero-order chi connectivity index (χ0) is 14.0. The smallest absolute Gasteiger partial charge is 0.309 e. The molecule has 0 atom stereocenters. The molecule has 3 N–H and O–H groups in total. The van der Waals surface area contributed by atoms with E-state index in [1.807, 2.05) is 24.4 Å². The summed E-state index contributed by atoms with van der Waals surface area (Å²) in [6.07, 6.45) is 1.76. The van der Waals surface area contributed by atoms with Crippen LogP contribution in [-0.4, -0.2) is 22.0 Å². The third-order valence-corrected chi connectivity index (χ3v) is 3.02. The quantitative estimate of drug-likeness (QED) is 0.790. The number of carbonyl (C=O) groups is 2. The molecular weight excluding hydrogens is 244 g/mol. The number of rotatable bonds is 4. The molecule has 5 nitrogen and oxygen atoms in total. The van der Waals surface area contributed by atoms with Crippen molar-refractivity contribution in [1.82, 2.24) is 4.98 Å². The minimum atomic E-state index is -1.07. The molecule has 0 aliphatic carbocycles. The van der Waals surface area contributed by atoms with Crippen molar-refractivity contribution in [2.75, 3.05) is 5.32 Å². The van der Waals surface area contributed by atoms with Gasteiger partial charge in [-0.15, -0.1) is 0 Å². The van der Waals surface area contributed by atoms with Crippen LogP contribution in [0.3, 0.4) is 0 Å². The average Bonchev–Trinajstić information content (AvgIpc) is 2.74. The number of carboxylic acid groups (broad SMARTS) is 1. The highest BCUT2D eigenvalue weighted by molar-refractivity contribution is 5.96. The second kappa shape index (κ2) is 4.76. The van der Waals surface area contributed by atoms with E-state index in [1.54, 1.807) is 6.07 Å². The monoisotopic (exact) mass is 260 g/mol. The summed E-state index contributed by atoms with van der Waals surface area (Å²) in [5.41, 5.74) is 0.588. The van der Waals surface area contributed by atoms with Crippen LogP contribution in [0, 0.1) is 5.41 Å². The van der Waals surface area contributed by atoms with Crippen LogP contribution in [0.15, 0.2) is 30.5 Å². The SMILES string of the molecule is CC(C)(CC(=O)Nc1ccc2[nH]ccc2c1)C(=O)O. The Kier molecular flexibility index (Phi) is 3.29. The first-order valence-electron chi connectivity index (χ1n) is 5.99. The Morgan fingerprint density at radius 3 is 2.74 bits per heavy atom. The van der Waals surface area contributed by atoms with E-state index >= 15 is 0 Å². The van der Waals surface area contributed by atoms with Gasteiger partial charge in [-0.3, -0.25) is 9.59 Å². The maximum Gasteiger partial charge on any atom is 0.309 e. The number of carboxylic acids is 1. The zero-order valence-corrected chi connectivity index (χ0v) is 10.9. The Morgan fingerprint density at radius 2 is 2.05 bits per heavy atom. The molecule has 0 unspecified atom stereocenters. The third kappa shape index (κ3) is 2.93. The van der Waals surface area contributed by atoms with Crippen LogP contribution in [0.4, 0.5) is 5.69 Å². The van der Waals surface area contributed by atoms with E-state index in [4.69, 9.17) is 5.11 Å². The number of benzene rings is 1. The van der Waals surface area contributed by atoms with Gasteiger partial charge in [-0.25, -0.2) is 0 Å². The van der Waals surface area contributed by atoms with Gasteiger partial charge in [0.25, 0.3) is 0 Å². The number of nitrogens with one attached hydrogen (secondary N) is 2. The number of aliphatic carboxylic acids is 1. The summed E-state index contributed by atoms with van der Waals surface area (Å²) in [4.78, 5) is 25.9. The number of fused-ring (bicyclic) bond motifs is 1. The van der Waals surface area contributed by atoms with Crippen LogP contribution in [0.1, 0.15) is 20.3 Å². The number of aromatic nitrogens is 1. The Morgan fingerprint density at radius 1 is 1.32 bits per heavy atom. The van der Waals surface area contributed by atoms with E-state index in [0.29, 0.717) is 5.69 Å². The predicted molar refractivity (Wildman–Crippen MR) is 73.0 cm³/mol. The molecule has 0 aliphatic heterocycles. The maximum atomic E-state index is 11.8. The second-order valence-electron chi connectivity index (χ2n) is 5.19. The van der Waals surface area contributed by atoms with Crippen molar-refractivity contribution in [3.63, 3.8) is 0 Å². The molecule has 100 valence electrons. The Balaban J connectivity index is 2.08. The molecule has 2 rings (SSSR count). The van der Waals surface area contributed by atoms with Crippen LogP contribution in [0.25, 0.3) is 10.9 Å². The summed E-state index contributed by atoms with van der Waals surface area (Å²) in [6, 6.07) is 7.40. The van der Waals surface area contributed by atoms with Gasteiger partial charge < -0.3 is 15.4 Å². The van der Waals surface area contributed by atoms with E-state index in [1.165, 1.54) is 13.8 Å². The largest absolute Gasteiger partial charge is 0.481 e. The van der Waals surface area contributed by atoms with E-state index in [9.17, 15) is 9.59 Å². The van der Waals surface area contributed by atoms with Crippen molar-refractivity contribution < 1.29 is 14.7 Å². The Labute approximate surface area is 110 Å². The molecule has 0 radical (unpaired) electrons. The average molecular weight is 260 g/mol. The fourth-order valence-corrected chi connectivity index (χ4v) is 1.81. The molecule has 0 fully saturated rings. The Hall–Kier alpha value is -2.30. The van der Waals surface area contributed by atoms with Crippen molar-refractivity contribution in [1.29, 1.82) is 0 Å². The first-order chi connectivity index (χ1) is 8.88. The number of carbonyl (C=O) groups excluding carboxylic acids is 1. The molecule has 5 heteroatoms. The lowest BCUT2D eigenvalue weighted by Gasteiger charge is -2.18. The zero-order valence-electron chi connectivity index (χ0n) is 10.9. The van der Waals surface area contributed by atoms with Crippen molar-refractivity contribution in [3.05, 3.63) is 30.5 Å². The number of hydrogen-bond acceptors (Lipinski definition) is 2. The number of aromatic amines is 1. The summed E-state index contributed by atoms with van der Waals surface area (Å²) >= 11 is 0. The summed E-state index contributed by atoms with van der Waals surface area (Å²) in [5.74, 6) is -1.29. The Bertz CT molecular complexity index is 628. The standard InChI is InChI=1S/C14H16N2O3/c1-14(2,13(18)19)8-12(17)16-10-3-4-11-9(7-10)5-6-15-11/h3-7,15H,8H2,1-2H3,(H,16,17)(H,18,19). The molecule has 0 saturated carbocycles. The van der Waals surface area contributed by atoms with Crippen LogP contribution < -0.4 is 5.32 Å². The van der Waals surface area contributed by atoms with Crippen molar-refractivity contribution >= 4 is 28.5 Å². The van der Waals surface area contributed by atoms with Crippen molar-refractivity contribution in [2.45, 2.75) is 20.3 Å². The molecule has 0 bridgehead atoms. The second-order valence-corrected chi connectivity index (χ2v) is 5.19. The summed E-state index contributed by atoms with van der Waals surface area (Å²) in [6.45, 7) is 3.06. The molecule has 1 aromatic heterocycles. The van der Waals surface area contributed by atoms with Crippen LogP contribution in [-0.2, 0) is 9.59 Å². The highest BCUT2D eigenvalue weighted by Crippen LogP contribution is 2.22. The fraction of sp³-hybridized carbons (Fsp3) is 0.286. The third-order valence-electron chi connectivity index (χ3n) is 3.02. The topological polar surface area (TPSA) is 82.2 Å². The first-order valence-corrected chi connectivity index (χ1v) is 5.99. The summed E-state index contributed by atoms with van der Waals surface area (Å²) in [7, 11) is 0. The molecule has 1 amide bonds. The van der Waals surface area contributed by atoms with Crippen molar-refractivity contribution in [2.24, 2.45) is 5.41 Å². The molecule has 0 aliphatic rings. The van der Waals surface area contributed by atoms with Crippen LogP contribution in [0.5, 0.6) is 0 Å². The van der Waals surface area contributed by atoms with E-state index in [0.717, 1.165) is 10.9 Å². The van der Waals surface area contributed by atoms with Gasteiger partial charge in [-0.05, 0) is 38.1 Å². The van der Waals surface area contributed by atoms with Crippen molar-refractivity contribution in [3.8, 4) is 0 Å². The number of anilines is 1. The van der Waals surface area contributed by atoms with E-state index in [2.05, 4.69) is 10.3 Å². The fourth-order valence-electron chi connectivity index (χ4n) is 1.81. The highest BCUT2D eigenvalue weighted by Gasteiger charge is 2.30. The lowest BCUT2D eigenvalue weighted by atomic mass is 9.89. The van der Waals surface area contributed by atoms with Gasteiger partial charge >= 0.3 is 5.97 Å². The molecule has 19 heavy (non-hydrogen) atoms. The number of amides is 1. The summed E-state index contributed by atoms with van der Waals surface area (Å²) in [5, 5.41) is 12.7. The first kappa shape index (κ1) is 13.1. The van der Waals surface area contributed by atoms with Crippen LogP contribution in [0.2, 0.25) is 0 Å². The van der Waals surface area contributed by atoms with Gasteiger partial charge in [-0.1, -0.05) is 0 Å². The van der Waals surface area contributed by atoms with Gasteiger partial charge in [0.2, 0.25) is 5.91 Å². The molecule has 1 heterocycles.